The number of rotatable bonds is 1. The molecule has 74 valence electrons. The van der Waals surface area contributed by atoms with E-state index in [1.54, 1.807) is 0 Å². The van der Waals surface area contributed by atoms with Gasteiger partial charge in [-0.15, -0.1) is 0 Å². The average Bonchev–Trinajstić information content (AvgIpc) is 2.06. The summed E-state index contributed by atoms with van der Waals surface area (Å²) in [5.41, 5.74) is -0.485. The molecule has 0 bridgehead atoms. The number of halogens is 3. The smallest absolute Gasteiger partial charge is 0.207 e. The lowest BCUT2D eigenvalue weighted by Crippen LogP contribution is -2.00. The maximum absolute atomic E-state index is 13.0. The summed E-state index contributed by atoms with van der Waals surface area (Å²) in [5.74, 6) is -1.10. The van der Waals surface area contributed by atoms with Crippen LogP contribution >= 0.6 is 22.3 Å². The van der Waals surface area contributed by atoms with Crippen molar-refractivity contribution in [1.29, 1.82) is 5.26 Å². The zero-order valence-electron chi connectivity index (χ0n) is 6.46. The van der Waals surface area contributed by atoms with Crippen molar-refractivity contribution in [3.05, 3.63) is 28.5 Å². The van der Waals surface area contributed by atoms with Gasteiger partial charge in [0.1, 0.15) is 16.8 Å². The van der Waals surface area contributed by atoms with Crippen molar-refractivity contribution >= 4 is 31.3 Å². The van der Waals surface area contributed by atoms with Gasteiger partial charge in [-0.05, 0) is 12.1 Å². The lowest BCUT2D eigenvalue weighted by Gasteiger charge is -2.02. The van der Waals surface area contributed by atoms with E-state index in [-0.39, 0.29) is 5.02 Å². The van der Waals surface area contributed by atoms with Gasteiger partial charge in [-0.1, -0.05) is 11.6 Å². The molecule has 0 saturated heterocycles. The molecule has 0 aromatic heterocycles. The van der Waals surface area contributed by atoms with Crippen molar-refractivity contribution in [1.82, 2.24) is 0 Å². The Labute approximate surface area is 89.1 Å². The first-order valence-corrected chi connectivity index (χ1v) is 5.89. The van der Waals surface area contributed by atoms with Crippen molar-refractivity contribution in [2.45, 2.75) is 4.90 Å². The van der Waals surface area contributed by atoms with E-state index in [0.29, 0.717) is 0 Å². The molecule has 0 aliphatic heterocycles. The minimum atomic E-state index is -4.31. The fourth-order valence-electron chi connectivity index (χ4n) is 0.876. The van der Waals surface area contributed by atoms with Gasteiger partial charge in [-0.3, -0.25) is 0 Å². The Bertz CT molecular complexity index is 521. The highest BCUT2D eigenvalue weighted by Gasteiger charge is 2.23. The maximum Gasteiger partial charge on any atom is 0.265 e. The molecule has 0 N–H and O–H groups in total. The Hall–Kier alpha value is -0.830. The average molecular weight is 254 g/mol. The van der Waals surface area contributed by atoms with E-state index in [4.69, 9.17) is 27.5 Å². The fraction of sp³-hybridized carbons (Fsp3) is 0. The van der Waals surface area contributed by atoms with Crippen LogP contribution in [0.15, 0.2) is 17.0 Å². The predicted molar refractivity (Wildman–Crippen MR) is 49.2 cm³/mol. The van der Waals surface area contributed by atoms with Crippen LogP contribution in [0.4, 0.5) is 4.39 Å². The summed E-state index contributed by atoms with van der Waals surface area (Å²) in [5, 5.41) is 8.40. The SMILES string of the molecule is N#Cc1c(Cl)ccc(F)c1S(=O)(=O)Cl. The minimum Gasteiger partial charge on any atom is -0.207 e. The monoisotopic (exact) mass is 253 g/mol. The van der Waals surface area contributed by atoms with Crippen LogP contribution in [0, 0.1) is 17.1 Å². The van der Waals surface area contributed by atoms with Gasteiger partial charge in [0.25, 0.3) is 9.05 Å². The standard InChI is InChI=1S/C7H2Cl2FNO2S/c8-5-1-2-6(10)7(4(5)3-11)14(9,12)13/h1-2H. The second-order valence-corrected chi connectivity index (χ2v) is 5.19. The summed E-state index contributed by atoms with van der Waals surface area (Å²) in [6.45, 7) is 0. The summed E-state index contributed by atoms with van der Waals surface area (Å²) in [4.78, 5) is -0.880. The summed E-state index contributed by atoms with van der Waals surface area (Å²) in [6, 6.07) is 3.39. The molecule has 0 saturated carbocycles. The first-order chi connectivity index (χ1) is 6.38. The second-order valence-electron chi connectivity index (χ2n) is 2.28. The molecule has 1 aromatic carbocycles. The minimum absolute atomic E-state index is 0.159. The molecule has 0 radical (unpaired) electrons. The first kappa shape index (κ1) is 11.2. The summed E-state index contributed by atoms with van der Waals surface area (Å²) < 4.78 is 34.8. The van der Waals surface area contributed by atoms with Crippen LogP contribution in [0.2, 0.25) is 5.02 Å². The molecular formula is C7H2Cl2FNO2S. The molecule has 0 fully saturated rings. The third kappa shape index (κ3) is 1.98. The van der Waals surface area contributed by atoms with E-state index in [2.05, 4.69) is 0 Å². The molecular weight excluding hydrogens is 252 g/mol. The van der Waals surface area contributed by atoms with Gasteiger partial charge in [0, 0.05) is 10.7 Å². The zero-order valence-corrected chi connectivity index (χ0v) is 8.79. The molecule has 3 nitrogen and oxygen atoms in total. The van der Waals surface area contributed by atoms with Crippen LogP contribution in [-0.4, -0.2) is 8.42 Å². The van der Waals surface area contributed by atoms with Gasteiger partial charge in [-0.2, -0.15) is 5.26 Å². The Morgan fingerprint density at radius 2 is 2.00 bits per heavy atom. The highest BCUT2D eigenvalue weighted by atomic mass is 35.7. The normalized spacial score (nSPS) is 11.0. The molecule has 7 heteroatoms. The van der Waals surface area contributed by atoms with Crippen LogP contribution in [0.3, 0.4) is 0 Å². The summed E-state index contributed by atoms with van der Waals surface area (Å²) in [6.07, 6.45) is 0. The summed E-state index contributed by atoms with van der Waals surface area (Å²) in [7, 11) is 0.634. The van der Waals surface area contributed by atoms with Crippen LogP contribution in [0.1, 0.15) is 5.56 Å². The highest BCUT2D eigenvalue weighted by molar-refractivity contribution is 8.13. The van der Waals surface area contributed by atoms with Gasteiger partial charge in [0.2, 0.25) is 0 Å². The Kier molecular flexibility index (Phi) is 3.00. The fourth-order valence-corrected chi connectivity index (χ4v) is 2.28. The molecule has 0 heterocycles. The molecule has 0 atom stereocenters. The Morgan fingerprint density at radius 1 is 1.43 bits per heavy atom. The van der Waals surface area contributed by atoms with E-state index < -0.39 is 25.3 Å². The van der Waals surface area contributed by atoms with Crippen LogP contribution < -0.4 is 0 Å². The van der Waals surface area contributed by atoms with Gasteiger partial charge in [0.05, 0.1) is 10.6 Å². The van der Waals surface area contributed by atoms with E-state index >= 15 is 0 Å². The van der Waals surface area contributed by atoms with E-state index in [1.807, 2.05) is 0 Å². The van der Waals surface area contributed by atoms with E-state index in [1.165, 1.54) is 6.07 Å². The quantitative estimate of drug-likeness (QED) is 0.722. The third-order valence-corrected chi connectivity index (χ3v) is 3.08. The van der Waals surface area contributed by atoms with Gasteiger partial charge >= 0.3 is 0 Å². The van der Waals surface area contributed by atoms with E-state index in [9.17, 15) is 12.8 Å². The van der Waals surface area contributed by atoms with Gasteiger partial charge in [0.15, 0.2) is 0 Å². The van der Waals surface area contributed by atoms with Gasteiger partial charge < -0.3 is 0 Å². The maximum atomic E-state index is 13.0. The number of hydrogen-bond acceptors (Lipinski definition) is 3. The zero-order chi connectivity index (χ0) is 10.9. The molecule has 0 spiro atoms. The highest BCUT2D eigenvalue weighted by Crippen LogP contribution is 2.28. The van der Waals surface area contributed by atoms with Crippen LogP contribution in [0.5, 0.6) is 0 Å². The topological polar surface area (TPSA) is 57.9 Å². The van der Waals surface area contributed by atoms with Crippen molar-refractivity contribution < 1.29 is 12.8 Å². The largest absolute Gasteiger partial charge is 0.265 e. The van der Waals surface area contributed by atoms with Crippen molar-refractivity contribution in [2.24, 2.45) is 0 Å². The van der Waals surface area contributed by atoms with Crippen molar-refractivity contribution in [2.75, 3.05) is 0 Å². The molecule has 1 aromatic rings. The van der Waals surface area contributed by atoms with Crippen LogP contribution in [0.25, 0.3) is 0 Å². The number of benzene rings is 1. The molecule has 0 aliphatic rings. The molecule has 0 unspecified atom stereocenters. The van der Waals surface area contributed by atoms with E-state index in [0.717, 1.165) is 12.1 Å². The van der Waals surface area contributed by atoms with Crippen molar-refractivity contribution in [3.63, 3.8) is 0 Å². The third-order valence-electron chi connectivity index (χ3n) is 1.41. The number of nitriles is 1. The molecule has 1 rings (SSSR count). The first-order valence-electron chi connectivity index (χ1n) is 3.20. The molecule has 0 amide bonds. The lowest BCUT2D eigenvalue weighted by atomic mass is 10.2. The number of nitrogens with zero attached hydrogens (tertiary/aromatic N) is 1. The molecule has 0 aliphatic carbocycles. The molecule has 14 heavy (non-hydrogen) atoms. The van der Waals surface area contributed by atoms with Gasteiger partial charge in [-0.25, -0.2) is 12.8 Å². The number of hydrogen-bond donors (Lipinski definition) is 0. The predicted octanol–water partition coefficient (Wildman–Crippen LogP) is 2.28. The lowest BCUT2D eigenvalue weighted by molar-refractivity contribution is 0.574. The summed E-state index contributed by atoms with van der Waals surface area (Å²) >= 11 is 5.50. The Morgan fingerprint density at radius 3 is 2.36 bits per heavy atom. The van der Waals surface area contributed by atoms with Crippen LogP contribution in [-0.2, 0) is 9.05 Å². The Balaban J connectivity index is 3.74. The van der Waals surface area contributed by atoms with Crippen molar-refractivity contribution in [3.8, 4) is 6.07 Å². The second kappa shape index (κ2) is 3.73.